The first kappa shape index (κ1) is 15.5. The summed E-state index contributed by atoms with van der Waals surface area (Å²) in [6.45, 7) is 15.5. The highest BCUT2D eigenvalue weighted by molar-refractivity contribution is 5.75. The second-order valence-electron chi connectivity index (χ2n) is 6.96. The van der Waals surface area contributed by atoms with Crippen molar-refractivity contribution in [2.75, 3.05) is 6.54 Å². The molecule has 0 spiro atoms. The zero-order chi connectivity index (χ0) is 14.1. The molecule has 0 aliphatic carbocycles. The number of carbonyl (C=O) groups excluding carboxylic acids is 1. The molecule has 0 aromatic heterocycles. The topological polar surface area (TPSA) is 29.5 Å². The van der Waals surface area contributed by atoms with Gasteiger partial charge < -0.3 is 4.74 Å². The minimum Gasteiger partial charge on any atom is -0.459 e. The van der Waals surface area contributed by atoms with E-state index in [1.807, 2.05) is 27.7 Å². The van der Waals surface area contributed by atoms with E-state index in [1.54, 1.807) is 0 Å². The van der Waals surface area contributed by atoms with E-state index in [-0.39, 0.29) is 12.0 Å². The van der Waals surface area contributed by atoms with E-state index < -0.39 is 5.60 Å². The number of ether oxygens (including phenoxy) is 1. The van der Waals surface area contributed by atoms with Gasteiger partial charge in [-0.15, -0.1) is 0 Å². The predicted molar refractivity (Wildman–Crippen MR) is 74.4 cm³/mol. The molecule has 1 aliphatic rings. The maximum atomic E-state index is 12.2. The van der Waals surface area contributed by atoms with Gasteiger partial charge in [0.15, 0.2) is 0 Å². The van der Waals surface area contributed by atoms with Gasteiger partial charge in [-0.2, -0.15) is 0 Å². The van der Waals surface area contributed by atoms with Crippen LogP contribution in [0.3, 0.4) is 0 Å². The summed E-state index contributed by atoms with van der Waals surface area (Å²) in [5.74, 6) is 1.19. The molecule has 3 heteroatoms. The first-order valence-electron chi connectivity index (χ1n) is 7.10. The molecule has 0 saturated carbocycles. The normalized spacial score (nSPS) is 32.1. The number of hydrogen-bond acceptors (Lipinski definition) is 3. The maximum absolute atomic E-state index is 12.2. The second kappa shape index (κ2) is 5.60. The smallest absolute Gasteiger partial charge is 0.323 e. The van der Waals surface area contributed by atoms with Gasteiger partial charge in [-0.1, -0.05) is 13.8 Å². The number of likely N-dealkylation sites (tertiary alicyclic amines) is 1. The Morgan fingerprint density at radius 2 is 1.83 bits per heavy atom. The number of hydrogen-bond donors (Lipinski definition) is 0. The monoisotopic (exact) mass is 255 g/mol. The van der Waals surface area contributed by atoms with Crippen molar-refractivity contribution >= 4 is 5.97 Å². The summed E-state index contributed by atoms with van der Waals surface area (Å²) in [5.41, 5.74) is -0.401. The van der Waals surface area contributed by atoms with E-state index in [4.69, 9.17) is 4.74 Å². The third kappa shape index (κ3) is 3.98. The lowest BCUT2D eigenvalue weighted by atomic mass is 9.85. The van der Waals surface area contributed by atoms with Gasteiger partial charge >= 0.3 is 5.97 Å². The summed E-state index contributed by atoms with van der Waals surface area (Å²) in [5, 5.41) is 0. The zero-order valence-corrected chi connectivity index (χ0v) is 13.0. The molecule has 4 atom stereocenters. The van der Waals surface area contributed by atoms with Crippen LogP contribution in [0.1, 0.15) is 54.9 Å². The number of nitrogens with zero attached hydrogens (tertiary/aromatic N) is 1. The minimum absolute atomic E-state index is 0.101. The summed E-state index contributed by atoms with van der Waals surface area (Å²) in [6.07, 6.45) is 1.25. The molecule has 0 aromatic carbocycles. The van der Waals surface area contributed by atoms with Crippen LogP contribution in [0.4, 0.5) is 0 Å². The van der Waals surface area contributed by atoms with Crippen LogP contribution in [0.5, 0.6) is 0 Å². The lowest BCUT2D eigenvalue weighted by molar-refractivity contribution is -0.163. The first-order valence-corrected chi connectivity index (χ1v) is 7.10. The van der Waals surface area contributed by atoms with Crippen LogP contribution in [0, 0.1) is 11.8 Å². The molecule has 3 nitrogen and oxygen atoms in total. The Balaban J connectivity index is 2.70. The zero-order valence-electron chi connectivity index (χ0n) is 13.0. The third-order valence-corrected chi connectivity index (χ3v) is 3.89. The fraction of sp³-hybridized carbons (Fsp3) is 0.933. The molecule has 106 valence electrons. The van der Waals surface area contributed by atoms with Crippen molar-refractivity contribution in [1.29, 1.82) is 0 Å². The van der Waals surface area contributed by atoms with E-state index in [2.05, 4.69) is 25.7 Å². The van der Waals surface area contributed by atoms with E-state index >= 15 is 0 Å². The Morgan fingerprint density at radius 3 is 2.33 bits per heavy atom. The van der Waals surface area contributed by atoms with Gasteiger partial charge in [-0.25, -0.2) is 0 Å². The number of carbonyl (C=O) groups is 1. The summed E-state index contributed by atoms with van der Waals surface area (Å²) < 4.78 is 5.49. The van der Waals surface area contributed by atoms with Crippen LogP contribution < -0.4 is 0 Å². The summed E-state index contributed by atoms with van der Waals surface area (Å²) in [6, 6.07) is 0.299. The molecule has 0 bridgehead atoms. The average molecular weight is 255 g/mol. The molecule has 1 saturated heterocycles. The van der Waals surface area contributed by atoms with Gasteiger partial charge in [-0.3, -0.25) is 9.69 Å². The molecular weight excluding hydrogens is 226 g/mol. The molecule has 1 aliphatic heterocycles. The predicted octanol–water partition coefficient (Wildman–Crippen LogP) is 3.08. The molecule has 0 radical (unpaired) electrons. The molecule has 0 aromatic rings. The molecular formula is C15H29NO2. The maximum Gasteiger partial charge on any atom is 0.323 e. The Labute approximate surface area is 112 Å². The van der Waals surface area contributed by atoms with Crippen LogP contribution in [-0.2, 0) is 9.53 Å². The van der Waals surface area contributed by atoms with Crippen LogP contribution in [-0.4, -0.2) is 35.1 Å². The average Bonchev–Trinajstić information content (AvgIpc) is 2.19. The quantitative estimate of drug-likeness (QED) is 0.710. The highest BCUT2D eigenvalue weighted by Crippen LogP contribution is 2.29. The van der Waals surface area contributed by atoms with E-state index in [0.717, 1.165) is 6.54 Å². The van der Waals surface area contributed by atoms with Crippen LogP contribution in [0.25, 0.3) is 0 Å². The Hall–Kier alpha value is -0.570. The first-order chi connectivity index (χ1) is 8.11. The fourth-order valence-corrected chi connectivity index (χ4v) is 2.79. The van der Waals surface area contributed by atoms with Crippen molar-refractivity contribution in [2.45, 2.75) is 72.6 Å². The molecule has 4 unspecified atom stereocenters. The van der Waals surface area contributed by atoms with Crippen molar-refractivity contribution in [3.63, 3.8) is 0 Å². The van der Waals surface area contributed by atoms with Gasteiger partial charge in [0.1, 0.15) is 11.6 Å². The van der Waals surface area contributed by atoms with Gasteiger partial charge in [0.25, 0.3) is 0 Å². The molecule has 1 fully saturated rings. The minimum atomic E-state index is -0.401. The highest BCUT2D eigenvalue weighted by Gasteiger charge is 2.35. The van der Waals surface area contributed by atoms with Crippen molar-refractivity contribution in [2.24, 2.45) is 11.8 Å². The molecule has 0 N–H and O–H groups in total. The molecule has 1 rings (SSSR count). The molecule has 18 heavy (non-hydrogen) atoms. The van der Waals surface area contributed by atoms with Gasteiger partial charge in [0, 0.05) is 12.6 Å². The second-order valence-corrected chi connectivity index (χ2v) is 6.96. The Kier molecular flexibility index (Phi) is 4.82. The number of esters is 1. The van der Waals surface area contributed by atoms with Gasteiger partial charge in [-0.05, 0) is 52.9 Å². The van der Waals surface area contributed by atoms with E-state index in [0.29, 0.717) is 17.9 Å². The van der Waals surface area contributed by atoms with Crippen molar-refractivity contribution in [3.05, 3.63) is 0 Å². The standard InChI is InChI=1S/C15H29NO2/c1-10-8-11(2)12(3)16(9-10)13(4)14(17)18-15(5,6)7/h10-13H,8-9H2,1-7H3. The summed E-state index contributed by atoms with van der Waals surface area (Å²) in [4.78, 5) is 14.5. The van der Waals surface area contributed by atoms with Crippen LogP contribution in [0.2, 0.25) is 0 Å². The van der Waals surface area contributed by atoms with Gasteiger partial charge in [0.05, 0.1) is 0 Å². The largest absolute Gasteiger partial charge is 0.459 e. The van der Waals surface area contributed by atoms with E-state index in [1.165, 1.54) is 6.42 Å². The summed E-state index contributed by atoms with van der Waals surface area (Å²) in [7, 11) is 0. The number of rotatable bonds is 2. The van der Waals surface area contributed by atoms with Crippen molar-refractivity contribution < 1.29 is 9.53 Å². The van der Waals surface area contributed by atoms with Crippen molar-refractivity contribution in [1.82, 2.24) is 4.90 Å². The Bertz CT molecular complexity index is 295. The van der Waals surface area contributed by atoms with Crippen LogP contribution >= 0.6 is 0 Å². The lowest BCUT2D eigenvalue weighted by Gasteiger charge is -2.43. The van der Waals surface area contributed by atoms with Gasteiger partial charge in [0.2, 0.25) is 0 Å². The molecule has 0 amide bonds. The fourth-order valence-electron chi connectivity index (χ4n) is 2.79. The van der Waals surface area contributed by atoms with Crippen LogP contribution in [0.15, 0.2) is 0 Å². The van der Waals surface area contributed by atoms with E-state index in [9.17, 15) is 4.79 Å². The lowest BCUT2D eigenvalue weighted by Crippen LogP contribution is -2.53. The third-order valence-electron chi connectivity index (χ3n) is 3.89. The highest BCUT2D eigenvalue weighted by atomic mass is 16.6. The van der Waals surface area contributed by atoms with Crippen molar-refractivity contribution in [3.8, 4) is 0 Å². The number of piperidine rings is 1. The summed E-state index contributed by atoms with van der Waals surface area (Å²) >= 11 is 0. The SMILES string of the molecule is CC1CC(C)C(C)N(C(C)C(=O)OC(C)(C)C)C1. The molecule has 1 heterocycles. The Morgan fingerprint density at radius 1 is 1.28 bits per heavy atom.